The highest BCUT2D eigenvalue weighted by Crippen LogP contribution is 2.07. The number of aromatic nitrogens is 3. The zero-order chi connectivity index (χ0) is 18.2. The summed E-state index contributed by atoms with van der Waals surface area (Å²) in [7, 11) is 1.72. The van der Waals surface area contributed by atoms with Crippen LogP contribution >= 0.6 is 11.3 Å². The van der Waals surface area contributed by atoms with E-state index >= 15 is 0 Å². The van der Waals surface area contributed by atoms with E-state index < -0.39 is 0 Å². The van der Waals surface area contributed by atoms with Gasteiger partial charge in [-0.15, -0.1) is 21.5 Å². The fourth-order valence-corrected chi connectivity index (χ4v) is 3.03. The van der Waals surface area contributed by atoms with Gasteiger partial charge < -0.3 is 16.0 Å². The predicted octanol–water partition coefficient (Wildman–Crippen LogP) is 1.28. The Kier molecular flexibility index (Phi) is 6.15. The highest BCUT2D eigenvalue weighted by molar-refractivity contribution is 7.12. The van der Waals surface area contributed by atoms with Crippen LogP contribution in [-0.4, -0.2) is 46.6 Å². The zero-order valence-electron chi connectivity index (χ0n) is 14.5. The number of hydrogen-bond acceptors (Lipinski definition) is 5. The van der Waals surface area contributed by atoms with Crippen molar-refractivity contribution in [2.45, 2.75) is 13.0 Å². The lowest BCUT2D eigenvalue weighted by Crippen LogP contribution is -2.38. The van der Waals surface area contributed by atoms with Crippen LogP contribution in [0.2, 0.25) is 0 Å². The number of guanidine groups is 1. The monoisotopic (exact) mass is 371 g/mol. The number of pyridine rings is 1. The number of hydrogen-bond donors (Lipinski definition) is 3. The maximum atomic E-state index is 11.8. The van der Waals surface area contributed by atoms with Crippen molar-refractivity contribution in [2.75, 3.05) is 20.1 Å². The van der Waals surface area contributed by atoms with Gasteiger partial charge in [-0.25, -0.2) is 0 Å². The van der Waals surface area contributed by atoms with Gasteiger partial charge in [0.15, 0.2) is 17.4 Å². The molecule has 3 aromatic heterocycles. The number of carbonyl (C=O) groups excluding carboxylic acids is 1. The van der Waals surface area contributed by atoms with Gasteiger partial charge in [0.1, 0.15) is 0 Å². The number of thiophene rings is 1. The average Bonchev–Trinajstić information content (AvgIpc) is 3.34. The highest BCUT2D eigenvalue weighted by atomic mass is 32.1. The Hall–Kier alpha value is -2.94. The Morgan fingerprint density at radius 3 is 2.85 bits per heavy atom. The van der Waals surface area contributed by atoms with Crippen LogP contribution in [0.25, 0.3) is 5.65 Å². The van der Waals surface area contributed by atoms with E-state index in [0.717, 1.165) is 22.8 Å². The molecule has 136 valence electrons. The van der Waals surface area contributed by atoms with E-state index in [4.69, 9.17) is 0 Å². The van der Waals surface area contributed by atoms with Crippen molar-refractivity contribution in [1.29, 1.82) is 0 Å². The Bertz CT molecular complexity index is 872. The molecule has 0 aliphatic heterocycles. The van der Waals surface area contributed by atoms with E-state index in [2.05, 4.69) is 31.1 Å². The molecule has 0 radical (unpaired) electrons. The first-order valence-electron chi connectivity index (χ1n) is 8.33. The smallest absolute Gasteiger partial charge is 0.261 e. The molecule has 9 heteroatoms. The van der Waals surface area contributed by atoms with Crippen LogP contribution in [0.4, 0.5) is 0 Å². The first kappa shape index (κ1) is 17.9. The number of aliphatic imine (C=N–C) groups is 1. The van der Waals surface area contributed by atoms with Gasteiger partial charge in [0.25, 0.3) is 5.91 Å². The predicted molar refractivity (Wildman–Crippen MR) is 102 cm³/mol. The molecule has 0 atom stereocenters. The largest absolute Gasteiger partial charge is 0.356 e. The maximum absolute atomic E-state index is 11.8. The molecule has 0 bridgehead atoms. The topological polar surface area (TPSA) is 95.7 Å². The number of rotatable bonds is 7. The fourth-order valence-electron chi connectivity index (χ4n) is 2.39. The minimum atomic E-state index is -0.0267. The molecular formula is C17H21N7OS. The minimum absolute atomic E-state index is 0.0267. The molecule has 0 spiro atoms. The molecule has 1 amide bonds. The Labute approximate surface area is 155 Å². The lowest BCUT2D eigenvalue weighted by molar-refractivity contribution is 0.0957. The van der Waals surface area contributed by atoms with Crippen LogP contribution in [0.3, 0.4) is 0 Å². The molecular weight excluding hydrogens is 350 g/mol. The Morgan fingerprint density at radius 2 is 2.04 bits per heavy atom. The zero-order valence-corrected chi connectivity index (χ0v) is 15.3. The van der Waals surface area contributed by atoms with Crippen molar-refractivity contribution in [3.05, 3.63) is 52.6 Å². The van der Waals surface area contributed by atoms with Crippen LogP contribution < -0.4 is 16.0 Å². The van der Waals surface area contributed by atoms with Gasteiger partial charge in [-0.2, -0.15) is 0 Å². The van der Waals surface area contributed by atoms with Crippen molar-refractivity contribution in [3.8, 4) is 0 Å². The van der Waals surface area contributed by atoms with E-state index in [-0.39, 0.29) is 5.91 Å². The third-order valence-electron chi connectivity index (χ3n) is 3.70. The first-order chi connectivity index (χ1) is 12.8. The second-order valence-corrected chi connectivity index (χ2v) is 6.43. The van der Waals surface area contributed by atoms with Gasteiger partial charge in [0.2, 0.25) is 0 Å². The first-order valence-corrected chi connectivity index (χ1v) is 9.21. The van der Waals surface area contributed by atoms with Gasteiger partial charge in [-0.3, -0.25) is 14.2 Å². The highest BCUT2D eigenvalue weighted by Gasteiger charge is 2.06. The molecule has 0 unspecified atom stereocenters. The van der Waals surface area contributed by atoms with Crippen molar-refractivity contribution in [1.82, 2.24) is 30.5 Å². The summed E-state index contributed by atoms with van der Waals surface area (Å²) in [6.45, 7) is 1.82. The van der Waals surface area contributed by atoms with E-state index in [1.807, 2.05) is 46.3 Å². The fraction of sp³-hybridized carbons (Fsp3) is 0.294. The molecule has 0 aromatic carbocycles. The second-order valence-electron chi connectivity index (χ2n) is 5.48. The van der Waals surface area contributed by atoms with E-state index in [9.17, 15) is 4.79 Å². The SMILES string of the molecule is CN=C(NCCCNC(=O)c1cccs1)NCc1nnc2ccccn12. The number of carbonyl (C=O) groups is 1. The van der Waals surface area contributed by atoms with Gasteiger partial charge in [-0.1, -0.05) is 12.1 Å². The molecule has 3 rings (SSSR count). The quantitative estimate of drug-likeness (QED) is 0.330. The third-order valence-corrected chi connectivity index (χ3v) is 4.57. The van der Waals surface area contributed by atoms with E-state index in [1.54, 1.807) is 7.05 Å². The summed E-state index contributed by atoms with van der Waals surface area (Å²) in [5.41, 5.74) is 0.814. The molecule has 3 heterocycles. The molecule has 0 saturated carbocycles. The molecule has 0 aliphatic rings. The summed E-state index contributed by atoms with van der Waals surface area (Å²) < 4.78 is 1.93. The lowest BCUT2D eigenvalue weighted by atomic mass is 10.4. The standard InChI is InChI=1S/C17H21N7OS/c1-18-17(20-9-5-8-19-16(25)13-6-4-11-26-13)21-12-15-23-22-14-7-2-3-10-24(14)15/h2-4,6-7,10-11H,5,8-9,12H2,1H3,(H,19,25)(H2,18,20,21). The minimum Gasteiger partial charge on any atom is -0.356 e. The van der Waals surface area contributed by atoms with Crippen LogP contribution in [0.1, 0.15) is 21.9 Å². The van der Waals surface area contributed by atoms with Gasteiger partial charge in [0.05, 0.1) is 11.4 Å². The van der Waals surface area contributed by atoms with Crippen LogP contribution in [0.15, 0.2) is 46.9 Å². The van der Waals surface area contributed by atoms with Crippen LogP contribution in [0.5, 0.6) is 0 Å². The molecule has 8 nitrogen and oxygen atoms in total. The summed E-state index contributed by atoms with van der Waals surface area (Å²) in [6.07, 6.45) is 2.73. The van der Waals surface area contributed by atoms with E-state index in [1.165, 1.54) is 11.3 Å². The number of amides is 1. The summed E-state index contributed by atoms with van der Waals surface area (Å²) in [5, 5.41) is 19.5. The summed E-state index contributed by atoms with van der Waals surface area (Å²) in [4.78, 5) is 16.8. The van der Waals surface area contributed by atoms with Gasteiger partial charge in [0, 0.05) is 26.3 Å². The Morgan fingerprint density at radius 1 is 1.15 bits per heavy atom. The molecule has 26 heavy (non-hydrogen) atoms. The maximum Gasteiger partial charge on any atom is 0.261 e. The lowest BCUT2D eigenvalue weighted by Gasteiger charge is -2.11. The van der Waals surface area contributed by atoms with E-state index in [0.29, 0.717) is 25.6 Å². The van der Waals surface area contributed by atoms with Gasteiger partial charge >= 0.3 is 0 Å². The molecule has 0 saturated heterocycles. The molecule has 0 aliphatic carbocycles. The second kappa shape index (κ2) is 8.95. The summed E-state index contributed by atoms with van der Waals surface area (Å²) in [6, 6.07) is 9.47. The number of nitrogens with one attached hydrogen (secondary N) is 3. The number of fused-ring (bicyclic) bond motifs is 1. The van der Waals surface area contributed by atoms with Gasteiger partial charge in [-0.05, 0) is 30.0 Å². The van der Waals surface area contributed by atoms with Crippen molar-refractivity contribution in [2.24, 2.45) is 4.99 Å². The van der Waals surface area contributed by atoms with Crippen molar-refractivity contribution >= 4 is 28.9 Å². The normalized spacial score (nSPS) is 11.5. The Balaban J connectivity index is 1.38. The van der Waals surface area contributed by atoms with Crippen LogP contribution in [-0.2, 0) is 6.54 Å². The molecule has 0 fully saturated rings. The summed E-state index contributed by atoms with van der Waals surface area (Å²) >= 11 is 1.44. The van der Waals surface area contributed by atoms with Crippen LogP contribution in [0, 0.1) is 0 Å². The molecule has 3 N–H and O–H groups in total. The molecule has 3 aromatic rings. The van der Waals surface area contributed by atoms with Crippen molar-refractivity contribution < 1.29 is 4.79 Å². The average molecular weight is 371 g/mol. The number of nitrogens with zero attached hydrogens (tertiary/aromatic N) is 4. The van der Waals surface area contributed by atoms with Crippen molar-refractivity contribution in [3.63, 3.8) is 0 Å². The third kappa shape index (κ3) is 4.57. The summed E-state index contributed by atoms with van der Waals surface area (Å²) in [5.74, 6) is 1.47.